The zero-order valence-corrected chi connectivity index (χ0v) is 22.6. The largest absolute Gasteiger partial charge is 0.359 e. The Balaban J connectivity index is 1.12. The maximum atomic E-state index is 7.57. The topological polar surface area (TPSA) is 28.6 Å². The van der Waals surface area contributed by atoms with Gasteiger partial charge < -0.3 is 9.64 Å². The quantitative estimate of drug-likeness (QED) is 0.504. The van der Waals surface area contributed by atoms with E-state index < -0.39 is 0 Å². The molecule has 3 aliphatic carbocycles. The highest BCUT2D eigenvalue weighted by atomic mass is 16.5. The van der Waals surface area contributed by atoms with Crippen LogP contribution < -0.4 is 0 Å². The van der Waals surface area contributed by atoms with Crippen LogP contribution in [0.1, 0.15) is 69.8 Å². The summed E-state index contributed by atoms with van der Waals surface area (Å²) in [4.78, 5) is 9.67. The number of allylic oxidation sites excluding steroid dienone is 1. The van der Waals surface area contributed by atoms with E-state index in [4.69, 9.17) is 4.74 Å². The molecule has 0 radical (unpaired) electrons. The molecular formula is C33H41N3O. The van der Waals surface area contributed by atoms with Crippen molar-refractivity contribution < 1.29 is 4.74 Å². The Kier molecular flexibility index (Phi) is 4.96. The van der Waals surface area contributed by atoms with E-state index in [0.717, 1.165) is 0 Å². The first-order chi connectivity index (χ1) is 18.0. The summed E-state index contributed by atoms with van der Waals surface area (Å²) < 4.78 is 7.57. The molecule has 2 bridgehead atoms. The number of ether oxygens (including phenoxy) is 1. The molecule has 3 unspecified atom stereocenters. The van der Waals surface area contributed by atoms with Gasteiger partial charge in [-0.1, -0.05) is 31.2 Å². The van der Waals surface area contributed by atoms with Crippen molar-refractivity contribution >= 4 is 10.8 Å². The minimum absolute atomic E-state index is 0.00540. The van der Waals surface area contributed by atoms with Gasteiger partial charge in [0.05, 0.1) is 11.2 Å². The third-order valence-corrected chi connectivity index (χ3v) is 11.8. The van der Waals surface area contributed by atoms with Crippen LogP contribution in [0.4, 0.5) is 0 Å². The van der Waals surface area contributed by atoms with Crippen molar-refractivity contribution in [2.75, 3.05) is 33.2 Å². The minimum Gasteiger partial charge on any atom is -0.359 e. The van der Waals surface area contributed by atoms with Gasteiger partial charge in [-0.2, -0.15) is 0 Å². The van der Waals surface area contributed by atoms with Crippen molar-refractivity contribution in [2.24, 2.45) is 11.3 Å². The van der Waals surface area contributed by atoms with Gasteiger partial charge in [-0.3, -0.25) is 9.88 Å². The second kappa shape index (κ2) is 8.00. The fourth-order valence-corrected chi connectivity index (χ4v) is 9.75. The van der Waals surface area contributed by atoms with Crippen LogP contribution in [-0.4, -0.2) is 65.3 Å². The smallest absolute Gasteiger partial charge is 0.0974 e. The van der Waals surface area contributed by atoms with Crippen LogP contribution in [-0.2, 0) is 4.74 Å². The van der Waals surface area contributed by atoms with Gasteiger partial charge in [0.25, 0.3) is 0 Å². The zero-order valence-electron chi connectivity index (χ0n) is 22.6. The summed E-state index contributed by atoms with van der Waals surface area (Å²) in [6.07, 6.45) is 19.1. The summed E-state index contributed by atoms with van der Waals surface area (Å²) in [5.41, 5.74) is 4.85. The van der Waals surface area contributed by atoms with Gasteiger partial charge in [-0.05, 0) is 110 Å². The van der Waals surface area contributed by atoms with Crippen LogP contribution in [0, 0.1) is 11.3 Å². The van der Waals surface area contributed by atoms with Crippen molar-refractivity contribution in [1.29, 1.82) is 0 Å². The molecule has 4 heteroatoms. The number of likely N-dealkylation sites (N-methyl/N-ethyl adjacent to an activating group) is 1. The summed E-state index contributed by atoms with van der Waals surface area (Å²) in [5.74, 6) is 1.19. The molecule has 2 saturated carbocycles. The Bertz CT molecular complexity index is 1310. The molecule has 37 heavy (non-hydrogen) atoms. The van der Waals surface area contributed by atoms with E-state index in [1.165, 1.54) is 93.9 Å². The molecule has 0 N–H and O–H groups in total. The lowest BCUT2D eigenvalue weighted by Gasteiger charge is -2.55. The molecule has 6 aliphatic rings. The van der Waals surface area contributed by atoms with Crippen LogP contribution in [0.5, 0.6) is 0 Å². The van der Waals surface area contributed by atoms with Crippen molar-refractivity contribution in [3.05, 3.63) is 65.5 Å². The van der Waals surface area contributed by atoms with E-state index >= 15 is 0 Å². The third-order valence-electron chi connectivity index (χ3n) is 11.8. The normalized spacial score (nSPS) is 41.6. The third kappa shape index (κ3) is 3.22. The maximum absolute atomic E-state index is 7.57. The number of hydrogen-bond donors (Lipinski definition) is 0. The lowest BCUT2D eigenvalue weighted by molar-refractivity contribution is -0.141. The average molecular weight is 496 g/mol. The molecule has 4 nitrogen and oxygen atoms in total. The van der Waals surface area contributed by atoms with Crippen molar-refractivity contribution in [3.63, 3.8) is 0 Å². The van der Waals surface area contributed by atoms with Gasteiger partial charge in [0.2, 0.25) is 0 Å². The van der Waals surface area contributed by atoms with Gasteiger partial charge in [0, 0.05) is 50.0 Å². The average Bonchev–Trinajstić information content (AvgIpc) is 3.43. The lowest BCUT2D eigenvalue weighted by atomic mass is 9.58. The van der Waals surface area contributed by atoms with Gasteiger partial charge in [0.15, 0.2) is 0 Å². The number of hydrogen-bond acceptors (Lipinski definition) is 4. The molecule has 4 fully saturated rings. The number of nitrogens with zero attached hydrogens (tertiary/aromatic N) is 3. The van der Waals surface area contributed by atoms with E-state index in [1.54, 1.807) is 11.1 Å². The van der Waals surface area contributed by atoms with Crippen LogP contribution in [0.2, 0.25) is 0 Å². The molecular weight excluding hydrogens is 454 g/mol. The van der Waals surface area contributed by atoms with Crippen LogP contribution in [0.25, 0.3) is 10.8 Å². The van der Waals surface area contributed by atoms with Gasteiger partial charge in [0.1, 0.15) is 0 Å². The van der Waals surface area contributed by atoms with Crippen LogP contribution in [0.15, 0.2) is 60.0 Å². The number of pyridine rings is 1. The van der Waals surface area contributed by atoms with Crippen molar-refractivity contribution in [1.82, 2.24) is 14.8 Å². The maximum Gasteiger partial charge on any atom is 0.0974 e. The molecule has 1 aromatic heterocycles. The highest BCUT2D eigenvalue weighted by molar-refractivity contribution is 5.82. The Morgan fingerprint density at radius 3 is 2.78 bits per heavy atom. The molecule has 2 spiro atoms. The Morgan fingerprint density at radius 2 is 1.89 bits per heavy atom. The molecule has 3 aliphatic heterocycles. The van der Waals surface area contributed by atoms with Crippen molar-refractivity contribution in [2.45, 2.75) is 81.5 Å². The predicted molar refractivity (Wildman–Crippen MR) is 149 cm³/mol. The SMILES string of the molecule is CN1CCN(C2CCC3=CC4=CCC5(C)C(c6ccc7ccncc7c6)CC[C@H]5[C@@]45CC[C@]3(C2)O5)CC1. The minimum atomic E-state index is -0.0618. The van der Waals surface area contributed by atoms with Crippen molar-refractivity contribution in [3.8, 4) is 0 Å². The van der Waals surface area contributed by atoms with E-state index in [0.29, 0.717) is 17.9 Å². The summed E-state index contributed by atoms with van der Waals surface area (Å²) in [5, 5.41) is 2.57. The summed E-state index contributed by atoms with van der Waals surface area (Å²) in [7, 11) is 2.26. The number of rotatable bonds is 2. The van der Waals surface area contributed by atoms with Gasteiger partial charge in [-0.15, -0.1) is 0 Å². The van der Waals surface area contributed by atoms with Gasteiger partial charge >= 0.3 is 0 Å². The second-order valence-electron chi connectivity index (χ2n) is 13.4. The highest BCUT2D eigenvalue weighted by Gasteiger charge is 2.66. The van der Waals surface area contributed by atoms with E-state index in [-0.39, 0.29) is 16.6 Å². The van der Waals surface area contributed by atoms with Crippen LogP contribution in [0.3, 0.4) is 0 Å². The van der Waals surface area contributed by atoms with E-state index in [9.17, 15) is 0 Å². The standard InChI is InChI=1S/C33H41N3O/c1-31-11-9-27-20-26-5-6-28(36-17-15-35(2)16-18-36)21-32(26)12-13-33(27,37-32)30(31)8-7-29(31)24-4-3-23-10-14-34-22-25(23)19-24/h3-4,9-10,14,19-20,22,28-30H,5-8,11-13,15-18,21H2,1-2H3/t28?,29?,30-,31?,32-,33-/m1/s1. The fourth-order valence-electron chi connectivity index (χ4n) is 9.75. The summed E-state index contributed by atoms with van der Waals surface area (Å²) in [6, 6.07) is 9.95. The van der Waals surface area contributed by atoms with E-state index in [2.05, 4.69) is 65.2 Å². The van der Waals surface area contributed by atoms with Gasteiger partial charge in [-0.25, -0.2) is 0 Å². The molecule has 1 aromatic carbocycles. The molecule has 6 atom stereocenters. The number of benzene rings is 1. The van der Waals surface area contributed by atoms with E-state index in [1.807, 2.05) is 12.4 Å². The number of fused-ring (bicyclic) bond motifs is 2. The highest BCUT2D eigenvalue weighted by Crippen LogP contribution is 2.69. The number of aromatic nitrogens is 1. The number of piperazine rings is 1. The van der Waals surface area contributed by atoms with Crippen LogP contribution >= 0.6 is 0 Å². The Morgan fingerprint density at radius 1 is 1.00 bits per heavy atom. The molecule has 2 aromatic rings. The molecule has 4 heterocycles. The second-order valence-corrected chi connectivity index (χ2v) is 13.4. The predicted octanol–water partition coefficient (Wildman–Crippen LogP) is 6.09. The first-order valence-corrected chi connectivity index (χ1v) is 14.9. The lowest BCUT2D eigenvalue weighted by Crippen LogP contribution is -2.57. The Labute approximate surface area is 221 Å². The first-order valence-electron chi connectivity index (χ1n) is 14.9. The summed E-state index contributed by atoms with van der Waals surface area (Å²) >= 11 is 0. The molecule has 2 saturated heterocycles. The molecule has 0 amide bonds. The zero-order chi connectivity index (χ0) is 24.8. The Hall–Kier alpha value is -2.01. The fraction of sp³-hybridized carbons (Fsp3) is 0.606. The monoisotopic (exact) mass is 495 g/mol. The molecule has 8 rings (SSSR count). The first kappa shape index (κ1) is 22.9. The molecule has 194 valence electrons. The summed E-state index contributed by atoms with van der Waals surface area (Å²) in [6.45, 7) is 7.44.